The van der Waals surface area contributed by atoms with Crippen molar-refractivity contribution in [1.29, 1.82) is 0 Å². The molecule has 1 N–H and O–H groups in total. The quantitative estimate of drug-likeness (QED) is 0.496. The molecule has 9 heteroatoms. The van der Waals surface area contributed by atoms with Crippen LogP contribution in [-0.4, -0.2) is 58.0 Å². The Labute approximate surface area is 200 Å². The third-order valence-corrected chi connectivity index (χ3v) is 7.58. The Morgan fingerprint density at radius 3 is 2.32 bits per heavy atom. The van der Waals surface area contributed by atoms with Gasteiger partial charge in [0.2, 0.25) is 0 Å². The van der Waals surface area contributed by atoms with Crippen molar-refractivity contribution in [3.8, 4) is 5.75 Å². The number of nitrogens with zero attached hydrogens (tertiary/aromatic N) is 2. The van der Waals surface area contributed by atoms with E-state index in [0.717, 1.165) is 17.0 Å². The van der Waals surface area contributed by atoms with E-state index in [-0.39, 0.29) is 0 Å². The van der Waals surface area contributed by atoms with E-state index in [1.165, 1.54) is 29.1 Å². The maximum atomic E-state index is 12.5. The van der Waals surface area contributed by atoms with Gasteiger partial charge in [-0.1, -0.05) is 36.4 Å². The van der Waals surface area contributed by atoms with Gasteiger partial charge in [-0.25, -0.2) is 0 Å². The smallest absolute Gasteiger partial charge is 0.323 e. The van der Waals surface area contributed by atoms with Crippen LogP contribution in [0.1, 0.15) is 12.5 Å². The van der Waals surface area contributed by atoms with Crippen LogP contribution in [0.25, 0.3) is 10.8 Å². The van der Waals surface area contributed by atoms with Gasteiger partial charge >= 0.3 is 5.97 Å². The molecule has 1 aliphatic heterocycles. The number of hydrogen-bond acceptors (Lipinski definition) is 6. The molecule has 1 atom stereocenters. The van der Waals surface area contributed by atoms with E-state index < -0.39 is 22.2 Å². The van der Waals surface area contributed by atoms with Gasteiger partial charge < -0.3 is 14.4 Å². The topological polar surface area (TPSA) is 88.2 Å². The molecule has 1 saturated heterocycles. The van der Waals surface area contributed by atoms with Gasteiger partial charge in [0, 0.05) is 31.9 Å². The molecule has 1 aliphatic rings. The number of fused-ring (bicyclic) bond motifs is 1. The number of carbonyl (C=O) groups excluding carboxylic acids is 1. The zero-order valence-electron chi connectivity index (χ0n) is 19.3. The molecule has 8 nitrogen and oxygen atoms in total. The van der Waals surface area contributed by atoms with Gasteiger partial charge in [-0.2, -0.15) is 17.4 Å². The molecule has 0 aliphatic carbocycles. The second-order valence-electron chi connectivity index (χ2n) is 8.22. The zero-order chi connectivity index (χ0) is 24.1. The van der Waals surface area contributed by atoms with Gasteiger partial charge in [-0.3, -0.25) is 4.79 Å². The van der Waals surface area contributed by atoms with E-state index in [2.05, 4.69) is 44.7 Å². The van der Waals surface area contributed by atoms with Crippen molar-refractivity contribution >= 4 is 32.6 Å². The van der Waals surface area contributed by atoms with Crippen LogP contribution in [0.15, 0.2) is 66.7 Å². The number of piperazine rings is 1. The van der Waals surface area contributed by atoms with E-state index >= 15 is 0 Å². The maximum Gasteiger partial charge on any atom is 0.323 e. The highest BCUT2D eigenvalue weighted by atomic mass is 32.2. The number of rotatable bonds is 8. The minimum absolute atomic E-state index is 0.323. The Hall–Kier alpha value is -3.14. The Balaban J connectivity index is 1.30. The summed E-state index contributed by atoms with van der Waals surface area (Å²) in [6, 6.07) is 21.4. The molecule has 34 heavy (non-hydrogen) atoms. The lowest BCUT2D eigenvalue weighted by molar-refractivity contribution is -0.142. The monoisotopic (exact) mass is 483 g/mol. The minimum Gasteiger partial charge on any atom is -0.489 e. The lowest BCUT2D eigenvalue weighted by Crippen LogP contribution is -2.54. The Morgan fingerprint density at radius 2 is 1.65 bits per heavy atom. The number of methoxy groups -OCH3 is 1. The third kappa shape index (κ3) is 5.67. The summed E-state index contributed by atoms with van der Waals surface area (Å²) in [6.07, 6.45) is 0. The van der Waals surface area contributed by atoms with Crippen molar-refractivity contribution in [2.24, 2.45) is 0 Å². The summed E-state index contributed by atoms with van der Waals surface area (Å²) in [7, 11) is -2.53. The lowest BCUT2D eigenvalue weighted by atomic mass is 10.1. The van der Waals surface area contributed by atoms with Gasteiger partial charge in [0.15, 0.2) is 0 Å². The summed E-state index contributed by atoms with van der Waals surface area (Å²) >= 11 is 0. The van der Waals surface area contributed by atoms with E-state index in [9.17, 15) is 13.2 Å². The molecular formula is C25H29N3O5S. The third-order valence-electron chi connectivity index (χ3n) is 5.88. The average molecular weight is 484 g/mol. The largest absolute Gasteiger partial charge is 0.489 e. The molecule has 4 rings (SSSR count). The molecule has 1 fully saturated rings. The summed E-state index contributed by atoms with van der Waals surface area (Å²) in [5, 5.41) is 2.40. The zero-order valence-corrected chi connectivity index (χ0v) is 20.1. The van der Waals surface area contributed by atoms with Crippen LogP contribution >= 0.6 is 0 Å². The van der Waals surface area contributed by atoms with Crippen LogP contribution in [0.5, 0.6) is 5.75 Å². The number of ether oxygens (including phenoxy) is 2. The molecule has 1 heterocycles. The van der Waals surface area contributed by atoms with Crippen molar-refractivity contribution in [3.63, 3.8) is 0 Å². The standard InChI is InChI=1S/C25H29N3O5S/c1-19(25(29)32-2)26-34(30,31)28-15-13-27(14-16-28)23-9-11-24(12-10-23)33-18-20-7-8-21-5-3-4-6-22(21)17-20/h3-12,17,19,26H,13-16,18H2,1-2H3/t19-/m1/s1. The van der Waals surface area contributed by atoms with Crippen molar-refractivity contribution in [3.05, 3.63) is 72.3 Å². The molecule has 0 bridgehead atoms. The first-order chi connectivity index (χ1) is 16.4. The number of benzene rings is 3. The van der Waals surface area contributed by atoms with Crippen molar-refractivity contribution < 1.29 is 22.7 Å². The molecule has 3 aromatic rings. The number of anilines is 1. The summed E-state index contributed by atoms with van der Waals surface area (Å²) in [5.41, 5.74) is 2.11. The van der Waals surface area contributed by atoms with Crippen molar-refractivity contribution in [1.82, 2.24) is 9.03 Å². The maximum absolute atomic E-state index is 12.5. The highest BCUT2D eigenvalue weighted by molar-refractivity contribution is 7.87. The molecule has 0 spiro atoms. The number of hydrogen-bond donors (Lipinski definition) is 1. The predicted octanol–water partition coefficient (Wildman–Crippen LogP) is 2.94. The molecule has 0 amide bonds. The molecular weight excluding hydrogens is 454 g/mol. The second kappa shape index (κ2) is 10.4. The van der Waals surface area contributed by atoms with Gasteiger partial charge in [-0.15, -0.1) is 0 Å². The van der Waals surface area contributed by atoms with E-state index in [1.54, 1.807) is 0 Å². The second-order valence-corrected chi connectivity index (χ2v) is 9.92. The summed E-state index contributed by atoms with van der Waals surface area (Å²) in [5.74, 6) is 0.157. The Morgan fingerprint density at radius 1 is 0.971 bits per heavy atom. The van der Waals surface area contributed by atoms with Crippen LogP contribution in [0.3, 0.4) is 0 Å². The summed E-state index contributed by atoms with van der Waals surface area (Å²) in [6.45, 7) is 3.68. The van der Waals surface area contributed by atoms with Crippen LogP contribution < -0.4 is 14.4 Å². The Kier molecular flexibility index (Phi) is 7.35. The minimum atomic E-state index is -3.76. The van der Waals surface area contributed by atoms with Crippen LogP contribution in [0.2, 0.25) is 0 Å². The Bertz CT molecular complexity index is 1240. The SMILES string of the molecule is COC(=O)[C@@H](C)NS(=O)(=O)N1CCN(c2ccc(OCc3ccc4ccccc4c3)cc2)CC1. The normalized spacial score (nSPS) is 15.8. The van der Waals surface area contributed by atoms with Gasteiger partial charge in [-0.05, 0) is 53.6 Å². The molecule has 0 unspecified atom stereocenters. The highest BCUT2D eigenvalue weighted by Crippen LogP contribution is 2.23. The van der Waals surface area contributed by atoms with E-state index in [0.29, 0.717) is 32.8 Å². The van der Waals surface area contributed by atoms with Gasteiger partial charge in [0.25, 0.3) is 10.2 Å². The van der Waals surface area contributed by atoms with Crippen molar-refractivity contribution in [2.45, 2.75) is 19.6 Å². The van der Waals surface area contributed by atoms with E-state index in [4.69, 9.17) is 4.74 Å². The van der Waals surface area contributed by atoms with Crippen LogP contribution in [0, 0.1) is 0 Å². The number of nitrogens with one attached hydrogen (secondary N) is 1. The fourth-order valence-corrected chi connectivity index (χ4v) is 5.29. The first-order valence-corrected chi connectivity index (χ1v) is 12.6. The first kappa shape index (κ1) is 24.0. The molecule has 0 aromatic heterocycles. The summed E-state index contributed by atoms with van der Waals surface area (Å²) < 4.78 is 39.3. The highest BCUT2D eigenvalue weighted by Gasteiger charge is 2.30. The fraction of sp³-hybridized carbons (Fsp3) is 0.320. The average Bonchev–Trinajstić information content (AvgIpc) is 2.87. The van der Waals surface area contributed by atoms with Crippen LogP contribution in [0.4, 0.5) is 5.69 Å². The van der Waals surface area contributed by atoms with Crippen LogP contribution in [-0.2, 0) is 26.3 Å². The van der Waals surface area contributed by atoms with Crippen molar-refractivity contribution in [2.75, 3.05) is 38.2 Å². The number of esters is 1. The number of carbonyl (C=O) groups is 1. The summed E-state index contributed by atoms with van der Waals surface area (Å²) in [4.78, 5) is 13.7. The molecule has 0 saturated carbocycles. The fourth-order valence-electron chi connectivity index (χ4n) is 3.96. The lowest BCUT2D eigenvalue weighted by Gasteiger charge is -2.35. The van der Waals surface area contributed by atoms with Gasteiger partial charge in [0.05, 0.1) is 7.11 Å². The van der Waals surface area contributed by atoms with Gasteiger partial charge in [0.1, 0.15) is 18.4 Å². The predicted molar refractivity (Wildman–Crippen MR) is 132 cm³/mol. The van der Waals surface area contributed by atoms with E-state index in [1.807, 2.05) is 36.4 Å². The molecule has 3 aromatic carbocycles. The molecule has 180 valence electrons. The first-order valence-electron chi connectivity index (χ1n) is 11.2. The molecule has 0 radical (unpaired) electrons.